The number of aliphatic hydroxyl groups excluding tert-OH is 1. The van der Waals surface area contributed by atoms with Crippen LogP contribution in [0.25, 0.3) is 11.0 Å². The Morgan fingerprint density at radius 2 is 2.18 bits per heavy atom. The van der Waals surface area contributed by atoms with E-state index < -0.39 is 6.10 Å². The highest BCUT2D eigenvalue weighted by Crippen LogP contribution is 2.23. The number of rotatable bonds is 4. The third-order valence-corrected chi connectivity index (χ3v) is 2.80. The van der Waals surface area contributed by atoms with Crippen molar-refractivity contribution in [2.45, 2.75) is 32.9 Å². The molecule has 1 unspecified atom stereocenters. The molecule has 0 saturated carbocycles. The monoisotopic (exact) mass is 230 g/mol. The topological polar surface area (TPSA) is 38.0 Å². The van der Waals surface area contributed by atoms with Crippen molar-refractivity contribution >= 4 is 11.0 Å². The van der Waals surface area contributed by atoms with Gasteiger partial charge in [0.25, 0.3) is 0 Å². The number of hydrogen-bond donors (Lipinski definition) is 1. The largest absolute Gasteiger partial charge is 0.385 e. The second-order valence-corrected chi connectivity index (χ2v) is 4.43. The Morgan fingerprint density at radius 1 is 1.47 bits per heavy atom. The summed E-state index contributed by atoms with van der Waals surface area (Å²) < 4.78 is 2.05. The number of benzene rings is 1. The SMILES string of the molecule is C=C(C)Cn1c(C(O)CC)nc2ccccc21. The zero-order valence-corrected chi connectivity index (χ0v) is 10.3. The first-order chi connectivity index (χ1) is 8.13. The molecule has 90 valence electrons. The summed E-state index contributed by atoms with van der Waals surface area (Å²) in [6, 6.07) is 7.94. The molecule has 0 aliphatic rings. The van der Waals surface area contributed by atoms with Gasteiger partial charge < -0.3 is 9.67 Å². The Hall–Kier alpha value is -1.61. The van der Waals surface area contributed by atoms with Gasteiger partial charge in [0.15, 0.2) is 0 Å². The van der Waals surface area contributed by atoms with E-state index in [4.69, 9.17) is 0 Å². The van der Waals surface area contributed by atoms with Gasteiger partial charge >= 0.3 is 0 Å². The summed E-state index contributed by atoms with van der Waals surface area (Å²) in [7, 11) is 0. The molecular weight excluding hydrogens is 212 g/mol. The van der Waals surface area contributed by atoms with Gasteiger partial charge in [-0.15, -0.1) is 0 Å². The zero-order chi connectivity index (χ0) is 12.4. The van der Waals surface area contributed by atoms with E-state index in [-0.39, 0.29) is 0 Å². The van der Waals surface area contributed by atoms with Crippen molar-refractivity contribution in [2.24, 2.45) is 0 Å². The highest BCUT2D eigenvalue weighted by Gasteiger charge is 2.16. The average Bonchev–Trinajstić information content (AvgIpc) is 2.67. The van der Waals surface area contributed by atoms with Crippen molar-refractivity contribution in [1.29, 1.82) is 0 Å². The molecule has 1 N–H and O–H groups in total. The van der Waals surface area contributed by atoms with Crippen molar-refractivity contribution in [1.82, 2.24) is 9.55 Å². The van der Waals surface area contributed by atoms with Crippen LogP contribution in [0.5, 0.6) is 0 Å². The minimum Gasteiger partial charge on any atom is -0.385 e. The Balaban J connectivity index is 2.60. The van der Waals surface area contributed by atoms with Crippen LogP contribution >= 0.6 is 0 Å². The second kappa shape index (κ2) is 4.72. The molecule has 0 aliphatic heterocycles. The highest BCUT2D eigenvalue weighted by atomic mass is 16.3. The fraction of sp³-hybridized carbons (Fsp3) is 0.357. The van der Waals surface area contributed by atoms with Crippen molar-refractivity contribution in [3.8, 4) is 0 Å². The smallest absolute Gasteiger partial charge is 0.139 e. The molecule has 17 heavy (non-hydrogen) atoms. The fourth-order valence-electron chi connectivity index (χ4n) is 1.97. The lowest BCUT2D eigenvalue weighted by Crippen LogP contribution is -2.09. The number of nitrogens with zero attached hydrogens (tertiary/aromatic N) is 2. The van der Waals surface area contributed by atoms with E-state index in [0.29, 0.717) is 13.0 Å². The summed E-state index contributed by atoms with van der Waals surface area (Å²) in [6.07, 6.45) is 0.154. The summed E-state index contributed by atoms with van der Waals surface area (Å²) in [5.74, 6) is 0.733. The maximum absolute atomic E-state index is 10.0. The fourth-order valence-corrected chi connectivity index (χ4v) is 1.97. The minimum atomic E-state index is -0.512. The quantitative estimate of drug-likeness (QED) is 0.820. The van der Waals surface area contributed by atoms with Crippen LogP contribution in [0.2, 0.25) is 0 Å². The molecule has 0 fully saturated rings. The Bertz CT molecular complexity index is 542. The summed E-state index contributed by atoms with van der Waals surface area (Å²) >= 11 is 0. The molecule has 1 atom stereocenters. The molecule has 3 heteroatoms. The van der Waals surface area contributed by atoms with Gasteiger partial charge in [0, 0.05) is 6.54 Å². The third kappa shape index (κ3) is 2.24. The first-order valence-electron chi connectivity index (χ1n) is 5.91. The van der Waals surface area contributed by atoms with Crippen molar-refractivity contribution in [3.05, 3.63) is 42.2 Å². The minimum absolute atomic E-state index is 0.512. The predicted molar refractivity (Wildman–Crippen MR) is 69.8 cm³/mol. The number of aliphatic hydroxyl groups is 1. The lowest BCUT2D eigenvalue weighted by molar-refractivity contribution is 0.160. The molecule has 0 radical (unpaired) electrons. The van der Waals surface area contributed by atoms with Crippen LogP contribution in [0.3, 0.4) is 0 Å². The number of fused-ring (bicyclic) bond motifs is 1. The number of para-hydroxylation sites is 2. The van der Waals surface area contributed by atoms with Crippen LogP contribution in [-0.4, -0.2) is 14.7 Å². The van der Waals surface area contributed by atoms with Gasteiger partial charge in [0.1, 0.15) is 11.9 Å². The van der Waals surface area contributed by atoms with E-state index in [1.165, 1.54) is 0 Å². The van der Waals surface area contributed by atoms with Crippen molar-refractivity contribution in [2.75, 3.05) is 0 Å². The maximum Gasteiger partial charge on any atom is 0.139 e. The number of aromatic nitrogens is 2. The van der Waals surface area contributed by atoms with Gasteiger partial charge in [-0.05, 0) is 25.5 Å². The molecule has 1 heterocycles. The lowest BCUT2D eigenvalue weighted by atomic mass is 10.2. The molecule has 3 nitrogen and oxygen atoms in total. The summed E-state index contributed by atoms with van der Waals surface area (Å²) in [6.45, 7) is 8.57. The molecule has 0 bridgehead atoms. The van der Waals surface area contributed by atoms with Gasteiger partial charge in [-0.2, -0.15) is 0 Å². The molecule has 2 rings (SSSR count). The van der Waals surface area contributed by atoms with Crippen LogP contribution in [0, 0.1) is 0 Å². The van der Waals surface area contributed by atoms with Crippen LogP contribution in [0.1, 0.15) is 32.2 Å². The maximum atomic E-state index is 10.0. The van der Waals surface area contributed by atoms with E-state index >= 15 is 0 Å². The standard InChI is InChI=1S/C14H18N2O/c1-4-13(17)14-15-11-7-5-6-8-12(11)16(14)9-10(2)3/h5-8,13,17H,2,4,9H2,1,3H3. The van der Waals surface area contributed by atoms with Gasteiger partial charge in [-0.1, -0.05) is 31.2 Å². The van der Waals surface area contributed by atoms with E-state index in [0.717, 1.165) is 22.4 Å². The molecule has 0 amide bonds. The summed E-state index contributed by atoms with van der Waals surface area (Å²) in [4.78, 5) is 4.51. The van der Waals surface area contributed by atoms with Gasteiger partial charge in [-0.3, -0.25) is 0 Å². The normalized spacial score (nSPS) is 12.9. The van der Waals surface area contributed by atoms with Gasteiger partial charge in [-0.25, -0.2) is 4.98 Å². The lowest BCUT2D eigenvalue weighted by Gasteiger charge is -2.12. The Labute approximate surface area is 101 Å². The molecule has 2 aromatic rings. The van der Waals surface area contributed by atoms with E-state index in [1.807, 2.05) is 42.7 Å². The zero-order valence-electron chi connectivity index (χ0n) is 10.3. The van der Waals surface area contributed by atoms with Crippen LogP contribution in [0.15, 0.2) is 36.4 Å². The van der Waals surface area contributed by atoms with Crippen molar-refractivity contribution < 1.29 is 5.11 Å². The number of hydrogen-bond acceptors (Lipinski definition) is 2. The summed E-state index contributed by atoms with van der Waals surface area (Å²) in [5, 5.41) is 10.0. The predicted octanol–water partition coefficient (Wildman–Crippen LogP) is 3.06. The molecule has 1 aromatic heterocycles. The van der Waals surface area contributed by atoms with Crippen LogP contribution < -0.4 is 0 Å². The first kappa shape index (κ1) is 11.9. The first-order valence-corrected chi connectivity index (χ1v) is 5.91. The third-order valence-electron chi connectivity index (χ3n) is 2.80. The van der Waals surface area contributed by atoms with Crippen LogP contribution in [-0.2, 0) is 6.54 Å². The molecular formula is C14H18N2O. The van der Waals surface area contributed by atoms with Crippen LogP contribution in [0.4, 0.5) is 0 Å². The highest BCUT2D eigenvalue weighted by molar-refractivity contribution is 5.76. The molecule has 0 saturated heterocycles. The average molecular weight is 230 g/mol. The Kier molecular flexibility index (Phi) is 3.29. The molecule has 1 aromatic carbocycles. The molecule has 0 aliphatic carbocycles. The number of allylic oxidation sites excluding steroid dienone is 1. The molecule has 0 spiro atoms. The summed E-state index contributed by atoms with van der Waals surface area (Å²) in [5.41, 5.74) is 3.03. The number of imidazole rings is 1. The Morgan fingerprint density at radius 3 is 2.82 bits per heavy atom. The van der Waals surface area contributed by atoms with Gasteiger partial charge in [0.05, 0.1) is 11.0 Å². The second-order valence-electron chi connectivity index (χ2n) is 4.43. The van der Waals surface area contributed by atoms with E-state index in [1.54, 1.807) is 0 Å². The van der Waals surface area contributed by atoms with Gasteiger partial charge in [0.2, 0.25) is 0 Å². The van der Waals surface area contributed by atoms with E-state index in [2.05, 4.69) is 11.6 Å². The van der Waals surface area contributed by atoms with E-state index in [9.17, 15) is 5.11 Å². The van der Waals surface area contributed by atoms with Crippen molar-refractivity contribution in [3.63, 3.8) is 0 Å².